The molecular weight excluding hydrogens is 152 g/mol. The molecule has 4 atom stereocenters. The third kappa shape index (κ3) is 0.882. The van der Waals surface area contributed by atoms with Gasteiger partial charge in [-0.2, -0.15) is 0 Å². The lowest BCUT2D eigenvalue weighted by atomic mass is 9.77. The van der Waals surface area contributed by atoms with Crippen molar-refractivity contribution in [2.24, 2.45) is 5.92 Å². The molecule has 2 nitrogen and oxygen atoms in total. The van der Waals surface area contributed by atoms with Crippen molar-refractivity contribution in [1.29, 1.82) is 0 Å². The molecule has 2 saturated heterocycles. The molecular formula is C10H16O2. The topological polar surface area (TPSA) is 25.1 Å². The highest BCUT2D eigenvalue weighted by Crippen LogP contribution is 2.54. The average Bonchev–Trinajstić information content (AvgIpc) is 2.86. The number of fused-ring (bicyclic) bond motifs is 1. The number of hydrogen-bond donors (Lipinski definition) is 0. The van der Waals surface area contributed by atoms with Crippen LogP contribution in [0, 0.1) is 5.92 Å². The second-order valence-electron chi connectivity index (χ2n) is 4.99. The molecule has 0 bridgehead atoms. The Morgan fingerprint density at radius 1 is 1.25 bits per heavy atom. The van der Waals surface area contributed by atoms with Crippen molar-refractivity contribution in [2.75, 3.05) is 6.61 Å². The van der Waals surface area contributed by atoms with Crippen LogP contribution in [0.25, 0.3) is 0 Å². The molecule has 1 aliphatic carbocycles. The summed E-state index contributed by atoms with van der Waals surface area (Å²) in [7, 11) is 0. The fourth-order valence-corrected chi connectivity index (χ4v) is 2.55. The highest BCUT2D eigenvalue weighted by Gasteiger charge is 2.60. The minimum atomic E-state index is 0.229. The first kappa shape index (κ1) is 7.34. The van der Waals surface area contributed by atoms with E-state index in [0.29, 0.717) is 6.10 Å². The van der Waals surface area contributed by atoms with Gasteiger partial charge < -0.3 is 9.47 Å². The lowest BCUT2D eigenvalue weighted by Crippen LogP contribution is -2.29. The van der Waals surface area contributed by atoms with Gasteiger partial charge in [0.15, 0.2) is 0 Å². The van der Waals surface area contributed by atoms with Gasteiger partial charge in [-0.1, -0.05) is 0 Å². The van der Waals surface area contributed by atoms with Crippen molar-refractivity contribution in [3.8, 4) is 0 Å². The van der Waals surface area contributed by atoms with Crippen LogP contribution in [-0.2, 0) is 9.47 Å². The maximum absolute atomic E-state index is 5.66. The normalized spacial score (nSPS) is 62.5. The molecule has 3 fully saturated rings. The highest BCUT2D eigenvalue weighted by atomic mass is 16.6. The van der Waals surface area contributed by atoms with Crippen molar-refractivity contribution >= 4 is 0 Å². The van der Waals surface area contributed by atoms with Crippen molar-refractivity contribution in [3.05, 3.63) is 0 Å². The van der Waals surface area contributed by atoms with E-state index in [1.807, 2.05) is 0 Å². The molecule has 12 heavy (non-hydrogen) atoms. The third-order valence-electron chi connectivity index (χ3n) is 3.99. The van der Waals surface area contributed by atoms with Crippen LogP contribution < -0.4 is 0 Å². The standard InChI is InChI=1S/C10H16O2/c1-9-4-3-7(5-8(9)12-9)10(2)6-11-10/h7-8H,3-6H2,1-2H3/t7-,8+,9+,10-/m0/s1. The first-order chi connectivity index (χ1) is 5.62. The Balaban J connectivity index is 1.70. The summed E-state index contributed by atoms with van der Waals surface area (Å²) in [4.78, 5) is 0. The molecule has 0 unspecified atom stereocenters. The van der Waals surface area contributed by atoms with Gasteiger partial charge in [0.25, 0.3) is 0 Å². The van der Waals surface area contributed by atoms with E-state index in [1.54, 1.807) is 0 Å². The summed E-state index contributed by atoms with van der Waals surface area (Å²) in [6.45, 7) is 5.45. The van der Waals surface area contributed by atoms with E-state index in [0.717, 1.165) is 12.5 Å². The zero-order valence-electron chi connectivity index (χ0n) is 7.80. The Labute approximate surface area is 73.2 Å². The summed E-state index contributed by atoms with van der Waals surface area (Å²) < 4.78 is 11.1. The maximum Gasteiger partial charge on any atom is 0.0920 e. The molecule has 2 heterocycles. The number of epoxide rings is 2. The molecule has 0 aromatic heterocycles. The van der Waals surface area contributed by atoms with Gasteiger partial charge in [0.2, 0.25) is 0 Å². The molecule has 0 radical (unpaired) electrons. The summed E-state index contributed by atoms with van der Waals surface area (Å²) in [5.74, 6) is 0.762. The number of ether oxygens (including phenoxy) is 2. The van der Waals surface area contributed by atoms with Crippen LogP contribution >= 0.6 is 0 Å². The fraction of sp³-hybridized carbons (Fsp3) is 1.00. The van der Waals surface area contributed by atoms with Gasteiger partial charge in [-0.3, -0.25) is 0 Å². The molecule has 0 aromatic carbocycles. The van der Waals surface area contributed by atoms with Crippen molar-refractivity contribution < 1.29 is 9.47 Å². The summed E-state index contributed by atoms with van der Waals surface area (Å²) in [5.41, 5.74) is 0.495. The molecule has 1 saturated carbocycles. The van der Waals surface area contributed by atoms with Crippen LogP contribution in [-0.4, -0.2) is 23.9 Å². The van der Waals surface area contributed by atoms with Gasteiger partial charge in [-0.05, 0) is 39.0 Å². The second kappa shape index (κ2) is 1.88. The lowest BCUT2D eigenvalue weighted by molar-refractivity contribution is 0.191. The molecule has 0 aromatic rings. The summed E-state index contributed by atoms with van der Waals surface area (Å²) in [6.07, 6.45) is 4.31. The molecule has 0 spiro atoms. The smallest absolute Gasteiger partial charge is 0.0920 e. The first-order valence-corrected chi connectivity index (χ1v) is 4.94. The van der Waals surface area contributed by atoms with E-state index in [-0.39, 0.29) is 11.2 Å². The summed E-state index contributed by atoms with van der Waals surface area (Å²) >= 11 is 0. The summed E-state index contributed by atoms with van der Waals surface area (Å²) in [5, 5.41) is 0. The fourth-order valence-electron chi connectivity index (χ4n) is 2.55. The first-order valence-electron chi connectivity index (χ1n) is 4.94. The minimum absolute atomic E-state index is 0.229. The third-order valence-corrected chi connectivity index (χ3v) is 3.99. The van der Waals surface area contributed by atoms with Crippen molar-refractivity contribution in [2.45, 2.75) is 50.4 Å². The zero-order valence-corrected chi connectivity index (χ0v) is 7.80. The van der Waals surface area contributed by atoms with Gasteiger partial charge in [0.05, 0.1) is 23.9 Å². The van der Waals surface area contributed by atoms with Gasteiger partial charge in [0.1, 0.15) is 0 Å². The zero-order chi connectivity index (χ0) is 8.40. The van der Waals surface area contributed by atoms with E-state index in [2.05, 4.69) is 13.8 Å². The Hall–Kier alpha value is -0.0800. The molecule has 0 amide bonds. The van der Waals surface area contributed by atoms with E-state index < -0.39 is 0 Å². The SMILES string of the molecule is C[C@@]12CC[C@H]([C@]3(C)CO3)C[C@H]1O2. The van der Waals surface area contributed by atoms with Gasteiger partial charge in [0, 0.05) is 0 Å². The quantitative estimate of drug-likeness (QED) is 0.557. The largest absolute Gasteiger partial charge is 0.370 e. The van der Waals surface area contributed by atoms with E-state index in [4.69, 9.17) is 9.47 Å². The van der Waals surface area contributed by atoms with Gasteiger partial charge in [-0.25, -0.2) is 0 Å². The van der Waals surface area contributed by atoms with E-state index in [1.165, 1.54) is 19.3 Å². The van der Waals surface area contributed by atoms with Crippen LogP contribution in [0.4, 0.5) is 0 Å². The highest BCUT2D eigenvalue weighted by molar-refractivity contribution is 5.08. The average molecular weight is 168 g/mol. The predicted molar refractivity (Wildman–Crippen MR) is 45.0 cm³/mol. The van der Waals surface area contributed by atoms with E-state index >= 15 is 0 Å². The molecule has 3 rings (SSSR count). The Kier molecular flexibility index (Phi) is 1.15. The Morgan fingerprint density at radius 2 is 2.00 bits per heavy atom. The van der Waals surface area contributed by atoms with Gasteiger partial charge in [-0.15, -0.1) is 0 Å². The maximum atomic E-state index is 5.66. The predicted octanol–water partition coefficient (Wildman–Crippen LogP) is 1.73. The molecule has 0 N–H and O–H groups in total. The van der Waals surface area contributed by atoms with E-state index in [9.17, 15) is 0 Å². The van der Waals surface area contributed by atoms with Crippen LogP contribution in [0.5, 0.6) is 0 Å². The van der Waals surface area contributed by atoms with Gasteiger partial charge >= 0.3 is 0 Å². The van der Waals surface area contributed by atoms with Crippen LogP contribution in [0.1, 0.15) is 33.1 Å². The monoisotopic (exact) mass is 168 g/mol. The number of hydrogen-bond acceptors (Lipinski definition) is 2. The molecule has 2 heteroatoms. The summed E-state index contributed by atoms with van der Waals surface area (Å²) in [6, 6.07) is 0. The Morgan fingerprint density at radius 3 is 2.58 bits per heavy atom. The van der Waals surface area contributed by atoms with Crippen LogP contribution in [0.3, 0.4) is 0 Å². The second-order valence-corrected chi connectivity index (χ2v) is 4.99. The molecule has 2 aliphatic heterocycles. The Bertz CT molecular complexity index is 222. The minimum Gasteiger partial charge on any atom is -0.370 e. The van der Waals surface area contributed by atoms with Crippen LogP contribution in [0.15, 0.2) is 0 Å². The molecule has 68 valence electrons. The molecule has 3 aliphatic rings. The van der Waals surface area contributed by atoms with Crippen molar-refractivity contribution in [3.63, 3.8) is 0 Å². The lowest BCUT2D eigenvalue weighted by Gasteiger charge is -2.25. The van der Waals surface area contributed by atoms with Crippen molar-refractivity contribution in [1.82, 2.24) is 0 Å². The number of rotatable bonds is 1. The van der Waals surface area contributed by atoms with Crippen LogP contribution in [0.2, 0.25) is 0 Å².